The first-order valence-electron chi connectivity index (χ1n) is 11.2. The van der Waals surface area contributed by atoms with Gasteiger partial charge in [-0.3, -0.25) is 0 Å². The molecule has 0 amide bonds. The molecule has 0 N–H and O–H groups in total. The first-order valence-corrected chi connectivity index (χ1v) is 15.7. The van der Waals surface area contributed by atoms with E-state index in [1.165, 1.54) is 44.5 Å². The molecule has 4 heteroatoms. The number of hydrogen-bond donors (Lipinski definition) is 0. The van der Waals surface area contributed by atoms with Gasteiger partial charge in [0, 0.05) is 26.7 Å². The molecule has 0 saturated carbocycles. The van der Waals surface area contributed by atoms with Gasteiger partial charge >= 0.3 is 0 Å². The summed E-state index contributed by atoms with van der Waals surface area (Å²) in [4.78, 5) is 0. The Bertz CT molecular complexity index is 1060. The lowest BCUT2D eigenvalue weighted by atomic mass is 9.66. The Kier molecular flexibility index (Phi) is 9.26. The molecular weight excluding hydrogens is 680 g/mol. The molecule has 0 heterocycles. The maximum atomic E-state index is 3.61. The van der Waals surface area contributed by atoms with E-state index < -0.39 is 0 Å². The molecule has 0 aliphatic heterocycles. The molecule has 0 unspecified atom stereocenters. The van der Waals surface area contributed by atoms with E-state index in [2.05, 4.69) is 161 Å². The van der Waals surface area contributed by atoms with Crippen molar-refractivity contribution in [2.24, 2.45) is 0 Å². The smallest absolute Gasteiger partial charge is 0.0491 e. The molecule has 4 rings (SSSR count). The zero-order chi connectivity index (χ0) is 24.0. The van der Waals surface area contributed by atoms with Crippen LogP contribution in [0.4, 0.5) is 0 Å². The van der Waals surface area contributed by atoms with Gasteiger partial charge in [0.05, 0.1) is 0 Å². The second-order valence-electron chi connectivity index (χ2n) is 8.52. The van der Waals surface area contributed by atoms with Crippen LogP contribution in [0, 0.1) is 0 Å². The van der Waals surface area contributed by atoms with Gasteiger partial charge in [0.25, 0.3) is 0 Å². The molecule has 0 bridgehead atoms. The van der Waals surface area contributed by atoms with Gasteiger partial charge in [-0.15, -0.1) is 0 Å². The second-order valence-corrected chi connectivity index (χ2v) is 10.8. The minimum Gasteiger partial charge on any atom is -0.0876 e. The third-order valence-electron chi connectivity index (χ3n) is 6.45. The van der Waals surface area contributed by atoms with E-state index in [9.17, 15) is 0 Å². The van der Waals surface area contributed by atoms with Crippen molar-refractivity contribution in [3.8, 4) is 0 Å². The van der Waals surface area contributed by atoms with Crippen LogP contribution in [0.1, 0.15) is 44.5 Å². The zero-order valence-electron chi connectivity index (χ0n) is 18.8. The molecule has 0 atom stereocenters. The average molecular weight is 706 g/mol. The first-order chi connectivity index (χ1) is 16.6. The number of hydrogen-bond acceptors (Lipinski definition) is 0. The van der Waals surface area contributed by atoms with E-state index in [-0.39, 0.29) is 5.41 Å². The molecule has 0 saturated heterocycles. The standard InChI is InChI=1S/C30H26Br4/c31-18-23-3-1-22(2-4-23)17-30(27-11-5-24(19-32)6-12-27,28-13-7-25(20-33)8-14-28)29-15-9-26(21-34)10-16-29/h1-16H,17-21H2. The summed E-state index contributed by atoms with van der Waals surface area (Å²) in [7, 11) is 0. The average Bonchev–Trinajstić information content (AvgIpc) is 2.92. The van der Waals surface area contributed by atoms with Crippen LogP contribution in [0.15, 0.2) is 97.1 Å². The number of halogens is 4. The summed E-state index contributed by atoms with van der Waals surface area (Å²) in [5.41, 5.74) is 10.1. The molecule has 0 radical (unpaired) electrons. The minimum atomic E-state index is -0.309. The fourth-order valence-electron chi connectivity index (χ4n) is 4.49. The van der Waals surface area contributed by atoms with Crippen molar-refractivity contribution < 1.29 is 0 Å². The highest BCUT2D eigenvalue weighted by molar-refractivity contribution is 9.09. The van der Waals surface area contributed by atoms with Crippen molar-refractivity contribution in [1.82, 2.24) is 0 Å². The van der Waals surface area contributed by atoms with Crippen molar-refractivity contribution in [3.63, 3.8) is 0 Å². The lowest BCUT2D eigenvalue weighted by Crippen LogP contribution is -2.32. The van der Waals surface area contributed by atoms with Gasteiger partial charge in [-0.1, -0.05) is 161 Å². The normalized spacial score (nSPS) is 11.5. The Morgan fingerprint density at radius 2 is 0.588 bits per heavy atom. The maximum absolute atomic E-state index is 3.61. The fourth-order valence-corrected chi connectivity index (χ4v) is 5.99. The van der Waals surface area contributed by atoms with Crippen molar-refractivity contribution >= 4 is 63.7 Å². The Balaban J connectivity index is 1.96. The molecule has 174 valence electrons. The van der Waals surface area contributed by atoms with Gasteiger partial charge in [-0.2, -0.15) is 0 Å². The maximum Gasteiger partial charge on any atom is 0.0491 e. The molecule has 34 heavy (non-hydrogen) atoms. The third kappa shape index (κ3) is 5.61. The highest BCUT2D eigenvalue weighted by atomic mass is 79.9. The van der Waals surface area contributed by atoms with Crippen molar-refractivity contribution in [2.75, 3.05) is 0 Å². The summed E-state index contributed by atoms with van der Waals surface area (Å²) in [5, 5.41) is 3.44. The Hall–Kier alpha value is -1.20. The molecule has 0 aliphatic rings. The van der Waals surface area contributed by atoms with Crippen LogP contribution in [-0.2, 0) is 33.2 Å². The van der Waals surface area contributed by atoms with E-state index >= 15 is 0 Å². The van der Waals surface area contributed by atoms with Gasteiger partial charge in [0.1, 0.15) is 0 Å². The quantitative estimate of drug-likeness (QED) is 0.120. The van der Waals surface area contributed by atoms with Gasteiger partial charge in [-0.25, -0.2) is 0 Å². The van der Waals surface area contributed by atoms with Crippen molar-refractivity contribution in [1.29, 1.82) is 0 Å². The predicted octanol–water partition coefficient (Wildman–Crippen LogP) is 9.84. The van der Waals surface area contributed by atoms with Crippen LogP contribution in [0.5, 0.6) is 0 Å². The minimum absolute atomic E-state index is 0.309. The van der Waals surface area contributed by atoms with Crippen molar-refractivity contribution in [3.05, 3.63) is 142 Å². The highest BCUT2D eigenvalue weighted by Crippen LogP contribution is 2.43. The topological polar surface area (TPSA) is 0 Å². The lowest BCUT2D eigenvalue weighted by molar-refractivity contribution is 0.612. The van der Waals surface area contributed by atoms with Crippen LogP contribution >= 0.6 is 63.7 Å². The molecular formula is C30H26Br4. The van der Waals surface area contributed by atoms with Gasteiger partial charge < -0.3 is 0 Å². The van der Waals surface area contributed by atoms with Crippen LogP contribution in [-0.4, -0.2) is 0 Å². The van der Waals surface area contributed by atoms with Gasteiger partial charge in [0.2, 0.25) is 0 Å². The number of benzene rings is 4. The van der Waals surface area contributed by atoms with Crippen LogP contribution in [0.25, 0.3) is 0 Å². The summed E-state index contributed by atoms with van der Waals surface area (Å²) in [6.45, 7) is 0. The molecule has 0 aromatic heterocycles. The monoisotopic (exact) mass is 702 g/mol. The van der Waals surface area contributed by atoms with Crippen LogP contribution < -0.4 is 0 Å². The van der Waals surface area contributed by atoms with Crippen molar-refractivity contribution in [2.45, 2.75) is 33.2 Å². The Morgan fingerprint density at radius 3 is 0.853 bits per heavy atom. The fraction of sp³-hybridized carbons (Fsp3) is 0.200. The third-order valence-corrected chi connectivity index (χ3v) is 9.04. The van der Waals surface area contributed by atoms with E-state index in [4.69, 9.17) is 0 Å². The number of rotatable bonds is 9. The lowest BCUT2D eigenvalue weighted by Gasteiger charge is -2.37. The molecule has 0 nitrogen and oxygen atoms in total. The summed E-state index contributed by atoms with van der Waals surface area (Å²) >= 11 is 14.4. The summed E-state index contributed by atoms with van der Waals surface area (Å²) in [5.74, 6) is 0. The molecule has 0 fully saturated rings. The molecule has 0 aliphatic carbocycles. The molecule has 4 aromatic carbocycles. The Labute approximate surface area is 236 Å². The van der Waals surface area contributed by atoms with E-state index in [1.54, 1.807) is 0 Å². The summed E-state index contributed by atoms with van der Waals surface area (Å²) in [6.07, 6.45) is 0.880. The largest absolute Gasteiger partial charge is 0.0876 e. The van der Waals surface area contributed by atoms with Gasteiger partial charge in [0.15, 0.2) is 0 Å². The Morgan fingerprint density at radius 1 is 0.353 bits per heavy atom. The SMILES string of the molecule is BrCc1ccc(CC(c2ccc(CBr)cc2)(c2ccc(CBr)cc2)c2ccc(CBr)cc2)cc1. The van der Waals surface area contributed by atoms with E-state index in [1.807, 2.05) is 0 Å². The predicted molar refractivity (Wildman–Crippen MR) is 160 cm³/mol. The van der Waals surface area contributed by atoms with E-state index in [0.717, 1.165) is 27.7 Å². The van der Waals surface area contributed by atoms with E-state index in [0.29, 0.717) is 0 Å². The first kappa shape index (κ1) is 25.9. The highest BCUT2D eigenvalue weighted by Gasteiger charge is 2.36. The number of alkyl halides is 4. The molecule has 0 spiro atoms. The van der Waals surface area contributed by atoms with Crippen LogP contribution in [0.3, 0.4) is 0 Å². The summed E-state index contributed by atoms with van der Waals surface area (Å²) in [6, 6.07) is 36.3. The van der Waals surface area contributed by atoms with Gasteiger partial charge in [-0.05, 0) is 50.9 Å². The zero-order valence-corrected chi connectivity index (χ0v) is 25.1. The van der Waals surface area contributed by atoms with Crippen LogP contribution in [0.2, 0.25) is 0 Å². The molecule has 4 aromatic rings. The second kappa shape index (κ2) is 12.2. The summed E-state index contributed by atoms with van der Waals surface area (Å²) < 4.78 is 0.